The second-order valence-corrected chi connectivity index (χ2v) is 40.4. The first-order valence-electron chi connectivity index (χ1n) is 47.3. The van der Waals surface area contributed by atoms with Crippen LogP contribution in [0.3, 0.4) is 0 Å². The zero-order valence-electron chi connectivity index (χ0n) is 76.8. The fraction of sp³-hybridized carbons (Fsp3) is 0.286. The van der Waals surface area contributed by atoms with E-state index >= 15 is 0 Å². The lowest BCUT2D eigenvalue weighted by Gasteiger charge is -2.39. The van der Waals surface area contributed by atoms with Gasteiger partial charge in [0, 0.05) is 113 Å². The third-order valence-electron chi connectivity index (χ3n) is 29.0. The summed E-state index contributed by atoms with van der Waals surface area (Å²) in [5, 5.41) is 8.52. The van der Waals surface area contributed by atoms with Gasteiger partial charge in [0.25, 0.3) is 23.6 Å². The predicted molar refractivity (Wildman–Crippen MR) is 533 cm³/mol. The molecule has 14 aromatic rings. The van der Waals surface area contributed by atoms with Gasteiger partial charge in [-0.1, -0.05) is 223 Å². The van der Waals surface area contributed by atoms with Gasteiger partial charge < -0.3 is 53.2 Å². The number of fused-ring (bicyclic) bond motifs is 11. The Morgan fingerprint density at radius 1 is 0.390 bits per heavy atom. The van der Waals surface area contributed by atoms with Gasteiger partial charge in [0.2, 0.25) is 5.91 Å². The van der Waals surface area contributed by atoms with Crippen molar-refractivity contribution < 1.29 is 74.0 Å². The smallest absolute Gasteiger partial charge is 0.365 e. The fourth-order valence-corrected chi connectivity index (χ4v) is 23.8. The van der Waals surface area contributed by atoms with E-state index in [0.717, 1.165) is 101 Å². The number of thiophene rings is 2. The maximum atomic E-state index is 14.0. The van der Waals surface area contributed by atoms with Crippen molar-refractivity contribution >= 4 is 104 Å². The summed E-state index contributed by atoms with van der Waals surface area (Å²) in [6.45, 7) is 8.90. The van der Waals surface area contributed by atoms with Crippen molar-refractivity contribution in [3.05, 3.63) is 393 Å². The average Bonchev–Trinajstić information content (AvgIpc) is 1.61. The molecule has 1 N–H and O–H groups in total. The van der Waals surface area contributed by atoms with Crippen molar-refractivity contribution in [2.75, 3.05) is 65.4 Å². The van der Waals surface area contributed by atoms with Crippen LogP contribution in [-0.2, 0) is 102 Å². The number of ether oxygens (including phenoxy) is 5. The predicted octanol–water partition coefficient (Wildman–Crippen LogP) is 25.3. The molecule has 141 heavy (non-hydrogen) atoms. The summed E-state index contributed by atoms with van der Waals surface area (Å²) < 4.78 is 114. The Morgan fingerprint density at radius 3 is 1.28 bits per heavy atom. The number of hydrogen-bond donors (Lipinski definition) is 1. The number of rotatable bonds is 9. The number of hydrogen-bond acceptors (Lipinski definition) is 13. The molecule has 0 saturated carbocycles. The lowest BCUT2D eigenvalue weighted by Crippen LogP contribution is -2.45. The van der Waals surface area contributed by atoms with Crippen molar-refractivity contribution in [3.63, 3.8) is 0 Å². The van der Waals surface area contributed by atoms with Crippen molar-refractivity contribution in [1.82, 2.24) is 39.3 Å². The lowest BCUT2D eigenvalue weighted by atomic mass is 9.83. The molecule has 0 radical (unpaired) electrons. The van der Waals surface area contributed by atoms with Crippen LogP contribution in [0.1, 0.15) is 177 Å². The zero-order chi connectivity index (χ0) is 97.4. The van der Waals surface area contributed by atoms with Crippen LogP contribution in [0.4, 0.5) is 26.3 Å². The van der Waals surface area contributed by atoms with E-state index in [-0.39, 0.29) is 61.6 Å². The highest BCUT2D eigenvalue weighted by Crippen LogP contribution is 2.52. The topological polar surface area (TPSA) is 181 Å². The second-order valence-electron chi connectivity index (χ2n) is 37.1. The van der Waals surface area contributed by atoms with Crippen LogP contribution < -0.4 is 0 Å². The van der Waals surface area contributed by atoms with Gasteiger partial charge >= 0.3 is 12.4 Å². The molecule has 5 fully saturated rings. The van der Waals surface area contributed by atoms with E-state index in [1.54, 1.807) is 58.7 Å². The monoisotopic (exact) mass is 2000 g/mol. The molecule has 10 aromatic carbocycles. The molecule has 10 aliphatic rings. The Kier molecular flexibility index (Phi) is 27.5. The average molecular weight is 2000 g/mol. The quantitative estimate of drug-likeness (QED) is 0.107. The Bertz CT molecular complexity index is 7030. The Hall–Kier alpha value is -12.3. The van der Waals surface area contributed by atoms with Gasteiger partial charge in [-0.15, -0.1) is 22.7 Å². The van der Waals surface area contributed by atoms with Crippen molar-refractivity contribution in [2.45, 2.75) is 138 Å². The van der Waals surface area contributed by atoms with Crippen LogP contribution in [0.15, 0.2) is 285 Å². The van der Waals surface area contributed by atoms with E-state index in [4.69, 9.17) is 58.5 Å². The maximum absolute atomic E-state index is 14.0. The molecule has 5 amide bonds. The molecule has 722 valence electrons. The van der Waals surface area contributed by atoms with E-state index in [1.807, 2.05) is 130 Å². The van der Waals surface area contributed by atoms with E-state index in [0.29, 0.717) is 144 Å². The van der Waals surface area contributed by atoms with Gasteiger partial charge in [0.1, 0.15) is 10.6 Å². The summed E-state index contributed by atoms with van der Waals surface area (Å²) in [6, 6.07) is 84.2. The number of benzene rings is 10. The minimum Gasteiger partial charge on any atom is -0.365 e. The zero-order valence-corrected chi connectivity index (χ0v) is 80.7. The summed E-state index contributed by atoms with van der Waals surface area (Å²) in [6.07, 6.45) is 2.57. The van der Waals surface area contributed by atoms with Crippen LogP contribution in [0.25, 0.3) is 44.2 Å². The lowest BCUT2D eigenvalue weighted by molar-refractivity contribution is -0.143. The van der Waals surface area contributed by atoms with Gasteiger partial charge in [-0.05, 0) is 227 Å². The molecule has 0 atom stereocenters. The Balaban J connectivity index is 0.000000108. The molecule has 0 unspecified atom stereocenters. The number of H-pyrrole nitrogens is 1. The molecule has 18 nitrogen and oxygen atoms in total. The molecular formula is C112H99Cl3F6N8O10S2. The minimum absolute atomic E-state index is 0.0402. The van der Waals surface area contributed by atoms with Crippen molar-refractivity contribution in [1.29, 1.82) is 0 Å². The molecule has 5 saturated heterocycles. The van der Waals surface area contributed by atoms with Crippen LogP contribution in [0, 0.1) is 0 Å². The first kappa shape index (κ1) is 96.2. The van der Waals surface area contributed by atoms with Gasteiger partial charge in [0.15, 0.2) is 5.69 Å². The number of aromatic amines is 1. The van der Waals surface area contributed by atoms with E-state index in [9.17, 15) is 50.3 Å². The Morgan fingerprint density at radius 2 is 0.816 bits per heavy atom. The largest absolute Gasteiger partial charge is 0.434 e. The third kappa shape index (κ3) is 19.9. The summed E-state index contributed by atoms with van der Waals surface area (Å²) in [5.74, 6) is -0.834. The van der Waals surface area contributed by atoms with Gasteiger partial charge in [-0.2, -0.15) is 31.4 Å². The minimum atomic E-state index is -4.77. The highest BCUT2D eigenvalue weighted by Gasteiger charge is 2.51. The molecule has 0 aliphatic carbocycles. The molecule has 0 bridgehead atoms. The molecule has 24 rings (SSSR count). The number of nitrogens with zero attached hydrogens (tertiary/aromatic N) is 7. The van der Waals surface area contributed by atoms with Gasteiger partial charge in [-0.25, -0.2) is 4.68 Å². The number of aromatic nitrogens is 3. The SMILES string of the molecule is O=C(/C=C/c1cccc(Cl)c1)N1CCC2(CC1)OCc1ccccc12.O=C(c1cc(-c2ccccc2)c(C(F)(F)F)s1)N1CCC2(CC1)OCc1ccccc12.O=C(c1cc2cc(Cl)ccc2[nH]1)N1CCC2(CC1)OCc1ccccc12.O=C(c1cccc(-c2cccs2)c1)N1CCC2(CC1)OCc1ccccc12.O=C(c1cnn(-c2cccc(Cl)c2)c1C(F)(F)F)N1CCC2(CC1)OCc1ccccc12. The molecule has 14 heterocycles. The number of halogens is 9. The van der Waals surface area contributed by atoms with E-state index in [2.05, 4.69) is 113 Å². The van der Waals surface area contributed by atoms with Crippen LogP contribution in [0.2, 0.25) is 15.1 Å². The number of nitrogens with one attached hydrogen (secondary N) is 1. The third-order valence-corrected chi connectivity index (χ3v) is 31.8. The summed E-state index contributed by atoms with van der Waals surface area (Å²) in [5.41, 5.74) is 14.3. The van der Waals surface area contributed by atoms with E-state index < -0.39 is 45.6 Å². The molecule has 29 heteroatoms. The number of carbonyl (C=O) groups is 5. The number of amides is 5. The number of piperidine rings is 5. The summed E-state index contributed by atoms with van der Waals surface area (Å²) >= 11 is 20.2. The molecular weight excluding hydrogens is 1900 g/mol. The standard InChI is InChI=1S/C24H20F3NO2S.C23H19ClF3N3O2.C23H21NO2S.C21H19ClN2O2.C21H20ClNO2/c25-24(26,27)21-18(16-6-2-1-3-7-16)14-20(31-21)22(29)28-12-10-23(11-13-28)19-9-5-4-8-17(19)15-30-23;24-16-5-3-6-17(12-16)30-20(23(25,26)27)18(13-28-30)21(31)29-10-8-22(9-11-29)19-7-2-1-4-15(19)14-32-22;25-22(18-7-3-6-17(15-18)21-9-4-14-27-21)24-12-10-23(11-13-24)20-8-2-1-5-19(20)16-26-23;22-16-5-6-18-15(11-16)12-19(23-18)20(25)24-9-7-21(8-10-24)17-4-2-1-3-14(17)13-26-21;22-18-6-3-4-16(14-18)8-9-20(24)23-12-10-21(11-13-23)19-7-2-1-5-17(19)15-25-21/h1-9,14H,10-13,15H2;1-7,12-13H,8-11,14H2;1-9,14-15H,10-13,16H2;1-6,11-12,23H,7-10,13H2;1-9,14H,10-13,15H2/b;;;;9-8+. The van der Waals surface area contributed by atoms with Crippen LogP contribution in [0.5, 0.6) is 0 Å². The number of likely N-dealkylation sites (tertiary alicyclic amines) is 5. The first-order chi connectivity index (χ1) is 68.2. The van der Waals surface area contributed by atoms with Crippen LogP contribution in [-0.4, -0.2) is 134 Å². The normalized spacial score (nSPS) is 18.0. The molecule has 5 spiro atoms. The second kappa shape index (κ2) is 40.2. The summed E-state index contributed by atoms with van der Waals surface area (Å²) in [4.78, 5) is 77.4. The first-order valence-corrected chi connectivity index (χ1v) is 50.2. The van der Waals surface area contributed by atoms with Gasteiger partial charge in [-0.3, -0.25) is 24.0 Å². The van der Waals surface area contributed by atoms with Crippen LogP contribution >= 0.6 is 57.5 Å². The number of carbonyl (C=O) groups excluding carboxylic acids is 5. The maximum Gasteiger partial charge on any atom is 0.434 e. The van der Waals surface area contributed by atoms with Crippen molar-refractivity contribution in [3.8, 4) is 27.3 Å². The Labute approximate surface area is 834 Å². The molecule has 10 aliphatic heterocycles. The fourth-order valence-electron chi connectivity index (χ4n) is 21.5. The van der Waals surface area contributed by atoms with Gasteiger partial charge in [0.05, 0.1) is 83.4 Å². The summed E-state index contributed by atoms with van der Waals surface area (Å²) in [7, 11) is 0. The highest BCUT2D eigenvalue weighted by molar-refractivity contribution is 7.14. The number of alkyl halides is 6. The highest BCUT2D eigenvalue weighted by atomic mass is 35.5. The van der Waals surface area contributed by atoms with Crippen molar-refractivity contribution in [2.24, 2.45) is 0 Å². The van der Waals surface area contributed by atoms with E-state index in [1.165, 1.54) is 78.6 Å². The molecule has 4 aromatic heterocycles.